The third-order valence-corrected chi connectivity index (χ3v) is 4.47. The molecule has 0 radical (unpaired) electrons. The minimum atomic E-state index is -0.908. The lowest BCUT2D eigenvalue weighted by atomic mass is 9.91. The molecule has 1 fully saturated rings. The van der Waals surface area contributed by atoms with Gasteiger partial charge in [-0.05, 0) is 44.1 Å². The molecule has 7 heteroatoms. The van der Waals surface area contributed by atoms with Crippen LogP contribution in [0.5, 0.6) is 11.5 Å². The first-order valence-corrected chi connectivity index (χ1v) is 8.00. The summed E-state index contributed by atoms with van der Waals surface area (Å²) in [5, 5.41) is 16.5. The molecule has 1 aliphatic heterocycles. The van der Waals surface area contributed by atoms with Gasteiger partial charge in [-0.25, -0.2) is 0 Å². The van der Waals surface area contributed by atoms with Crippen molar-refractivity contribution in [2.75, 3.05) is 41.0 Å². The lowest BCUT2D eigenvalue weighted by Crippen LogP contribution is -2.54. The third kappa shape index (κ3) is 3.98. The Morgan fingerprint density at radius 2 is 2.00 bits per heavy atom. The summed E-state index contributed by atoms with van der Waals surface area (Å²) in [5.41, 5.74) is -0.266. The van der Waals surface area contributed by atoms with E-state index in [-0.39, 0.29) is 12.5 Å². The van der Waals surface area contributed by atoms with Gasteiger partial charge in [0.05, 0.1) is 20.3 Å². The van der Waals surface area contributed by atoms with Crippen molar-refractivity contribution in [2.45, 2.75) is 24.5 Å². The number of ether oxygens (including phenoxy) is 3. The monoisotopic (exact) mass is 338 g/mol. The molecule has 1 amide bonds. The standard InChI is InChI=1S/C17H26N2O5/c1-22-12-4-5-15(23-2)13(10-12)14(20)11-19-16(21)17(24-3)6-8-18-9-7-17/h4-5,10,14,18,20H,6-9,11H2,1-3H3,(H,19,21). The molecular weight excluding hydrogens is 312 g/mol. The predicted molar refractivity (Wildman–Crippen MR) is 89.4 cm³/mol. The van der Waals surface area contributed by atoms with E-state index < -0.39 is 11.7 Å². The fourth-order valence-corrected chi connectivity index (χ4v) is 2.91. The SMILES string of the molecule is COc1ccc(OC)c(C(O)CNC(=O)C2(OC)CCNCC2)c1. The number of methoxy groups -OCH3 is 3. The van der Waals surface area contributed by atoms with Gasteiger partial charge in [-0.1, -0.05) is 0 Å². The van der Waals surface area contributed by atoms with Crippen LogP contribution in [0.1, 0.15) is 24.5 Å². The molecule has 1 saturated heterocycles. The Hall–Kier alpha value is -1.83. The van der Waals surface area contributed by atoms with Gasteiger partial charge < -0.3 is 30.0 Å². The van der Waals surface area contributed by atoms with Gasteiger partial charge in [-0.2, -0.15) is 0 Å². The van der Waals surface area contributed by atoms with Gasteiger partial charge in [0.2, 0.25) is 0 Å². The Bertz CT molecular complexity index is 558. The van der Waals surface area contributed by atoms with Crippen LogP contribution in [0.4, 0.5) is 0 Å². The van der Waals surface area contributed by atoms with Crippen LogP contribution in [-0.4, -0.2) is 57.6 Å². The molecule has 1 unspecified atom stereocenters. The van der Waals surface area contributed by atoms with Crippen molar-refractivity contribution in [2.24, 2.45) is 0 Å². The number of carbonyl (C=O) groups excluding carboxylic acids is 1. The van der Waals surface area contributed by atoms with Gasteiger partial charge in [0.15, 0.2) is 0 Å². The maximum Gasteiger partial charge on any atom is 0.252 e. The van der Waals surface area contributed by atoms with Gasteiger partial charge >= 0.3 is 0 Å². The van der Waals surface area contributed by atoms with E-state index in [0.29, 0.717) is 29.9 Å². The molecule has 1 aliphatic rings. The average Bonchev–Trinajstić information content (AvgIpc) is 2.65. The van der Waals surface area contributed by atoms with E-state index in [1.165, 1.54) is 7.11 Å². The molecule has 0 aromatic heterocycles. The van der Waals surface area contributed by atoms with E-state index in [9.17, 15) is 9.90 Å². The summed E-state index contributed by atoms with van der Waals surface area (Å²) >= 11 is 0. The summed E-state index contributed by atoms with van der Waals surface area (Å²) in [6, 6.07) is 5.18. The van der Waals surface area contributed by atoms with Crippen molar-refractivity contribution >= 4 is 5.91 Å². The summed E-state index contributed by atoms with van der Waals surface area (Å²) in [5.74, 6) is 0.955. The average molecular weight is 338 g/mol. The second-order valence-corrected chi connectivity index (χ2v) is 5.78. The Labute approximate surface area is 142 Å². The number of hydrogen-bond donors (Lipinski definition) is 3. The first-order chi connectivity index (χ1) is 11.6. The van der Waals surface area contributed by atoms with Crippen LogP contribution in [0.2, 0.25) is 0 Å². The summed E-state index contributed by atoms with van der Waals surface area (Å²) in [6.07, 6.45) is 0.302. The Kier molecular flexibility index (Phi) is 6.42. The van der Waals surface area contributed by atoms with Crippen molar-refractivity contribution in [1.82, 2.24) is 10.6 Å². The molecule has 0 spiro atoms. The second kappa shape index (κ2) is 8.32. The highest BCUT2D eigenvalue weighted by Gasteiger charge is 2.39. The van der Waals surface area contributed by atoms with Crippen LogP contribution in [0.3, 0.4) is 0 Å². The Morgan fingerprint density at radius 3 is 2.58 bits per heavy atom. The van der Waals surface area contributed by atoms with Crippen molar-refractivity contribution in [3.05, 3.63) is 23.8 Å². The van der Waals surface area contributed by atoms with Crippen molar-refractivity contribution in [3.63, 3.8) is 0 Å². The highest BCUT2D eigenvalue weighted by atomic mass is 16.5. The lowest BCUT2D eigenvalue weighted by Gasteiger charge is -2.35. The van der Waals surface area contributed by atoms with Gasteiger partial charge in [-0.15, -0.1) is 0 Å². The molecule has 2 rings (SSSR count). The van der Waals surface area contributed by atoms with E-state index in [1.54, 1.807) is 32.4 Å². The van der Waals surface area contributed by atoms with Crippen LogP contribution in [-0.2, 0) is 9.53 Å². The molecule has 1 heterocycles. The molecule has 3 N–H and O–H groups in total. The summed E-state index contributed by atoms with van der Waals surface area (Å²) in [6.45, 7) is 1.53. The molecule has 0 aliphatic carbocycles. The zero-order valence-corrected chi connectivity index (χ0v) is 14.4. The lowest BCUT2D eigenvalue weighted by molar-refractivity contribution is -0.147. The fourth-order valence-electron chi connectivity index (χ4n) is 2.91. The maximum absolute atomic E-state index is 12.5. The molecular formula is C17H26N2O5. The summed E-state index contributed by atoms with van der Waals surface area (Å²) in [4.78, 5) is 12.5. The van der Waals surface area contributed by atoms with Gasteiger partial charge in [0, 0.05) is 19.2 Å². The van der Waals surface area contributed by atoms with Crippen molar-refractivity contribution in [1.29, 1.82) is 0 Å². The molecule has 1 aromatic carbocycles. The number of piperidine rings is 1. The van der Waals surface area contributed by atoms with E-state index in [4.69, 9.17) is 14.2 Å². The number of hydrogen-bond acceptors (Lipinski definition) is 6. The van der Waals surface area contributed by atoms with Crippen molar-refractivity contribution in [3.8, 4) is 11.5 Å². The largest absolute Gasteiger partial charge is 0.497 e. The van der Waals surface area contributed by atoms with Gasteiger partial charge in [0.1, 0.15) is 17.1 Å². The number of rotatable bonds is 7. The van der Waals surface area contributed by atoms with Crippen LogP contribution < -0.4 is 20.1 Å². The Balaban J connectivity index is 2.04. The van der Waals surface area contributed by atoms with Crippen LogP contribution >= 0.6 is 0 Å². The highest BCUT2D eigenvalue weighted by molar-refractivity contribution is 5.85. The molecule has 0 bridgehead atoms. The second-order valence-electron chi connectivity index (χ2n) is 5.78. The van der Waals surface area contributed by atoms with Gasteiger partial charge in [0.25, 0.3) is 5.91 Å². The molecule has 1 atom stereocenters. The molecule has 1 aromatic rings. The van der Waals surface area contributed by atoms with E-state index in [0.717, 1.165) is 13.1 Å². The van der Waals surface area contributed by atoms with Crippen LogP contribution in [0.25, 0.3) is 0 Å². The maximum atomic E-state index is 12.5. The minimum absolute atomic E-state index is 0.0703. The normalized spacial score (nSPS) is 17.8. The Morgan fingerprint density at radius 1 is 1.29 bits per heavy atom. The van der Waals surface area contributed by atoms with E-state index in [2.05, 4.69) is 10.6 Å². The van der Waals surface area contributed by atoms with Crippen LogP contribution in [0.15, 0.2) is 18.2 Å². The zero-order chi connectivity index (χ0) is 17.6. The summed E-state index contributed by atoms with van der Waals surface area (Å²) in [7, 11) is 4.64. The number of carbonyl (C=O) groups is 1. The van der Waals surface area contributed by atoms with E-state index >= 15 is 0 Å². The smallest absolute Gasteiger partial charge is 0.252 e. The van der Waals surface area contributed by atoms with E-state index in [1.807, 2.05) is 0 Å². The number of amides is 1. The first-order valence-electron chi connectivity index (χ1n) is 8.00. The predicted octanol–water partition coefficient (Wildman–Crippen LogP) is 0.622. The summed E-state index contributed by atoms with van der Waals surface area (Å²) < 4.78 is 15.9. The van der Waals surface area contributed by atoms with Crippen LogP contribution in [0, 0.1) is 0 Å². The first kappa shape index (κ1) is 18.5. The van der Waals surface area contributed by atoms with Gasteiger partial charge in [-0.3, -0.25) is 4.79 Å². The number of benzene rings is 1. The molecule has 24 heavy (non-hydrogen) atoms. The number of aliphatic hydroxyl groups is 1. The number of nitrogens with one attached hydrogen (secondary N) is 2. The van der Waals surface area contributed by atoms with Crippen molar-refractivity contribution < 1.29 is 24.1 Å². The molecule has 7 nitrogen and oxygen atoms in total. The zero-order valence-electron chi connectivity index (χ0n) is 14.4. The number of aliphatic hydroxyl groups excluding tert-OH is 1. The topological polar surface area (TPSA) is 89.0 Å². The molecule has 134 valence electrons. The third-order valence-electron chi connectivity index (χ3n) is 4.47. The quantitative estimate of drug-likeness (QED) is 0.675. The fraction of sp³-hybridized carbons (Fsp3) is 0.588. The molecule has 0 saturated carbocycles. The minimum Gasteiger partial charge on any atom is -0.497 e. The highest BCUT2D eigenvalue weighted by Crippen LogP contribution is 2.29.